The molecule has 1 fully saturated rings. The Labute approximate surface area is 98.2 Å². The van der Waals surface area contributed by atoms with Crippen LogP contribution in [0.25, 0.3) is 0 Å². The highest BCUT2D eigenvalue weighted by molar-refractivity contribution is 5.66. The van der Waals surface area contributed by atoms with Crippen molar-refractivity contribution >= 4 is 5.97 Å². The highest BCUT2D eigenvalue weighted by atomic mass is 16.4. The normalized spacial score (nSPS) is 28.9. The Morgan fingerprint density at radius 2 is 2.19 bits per heavy atom. The van der Waals surface area contributed by atoms with Crippen LogP contribution in [-0.2, 0) is 4.79 Å². The number of carboxylic acid groups (broad SMARTS) is 1. The van der Waals surface area contributed by atoms with Crippen LogP contribution in [-0.4, -0.2) is 59.6 Å². The molecule has 1 heterocycles. The molecule has 0 spiro atoms. The van der Waals surface area contributed by atoms with E-state index in [1.165, 1.54) is 6.42 Å². The Hall–Kier alpha value is -0.610. The van der Waals surface area contributed by atoms with Crippen molar-refractivity contribution in [2.45, 2.75) is 45.2 Å². The molecule has 4 heteroatoms. The molecule has 0 bridgehead atoms. The lowest BCUT2D eigenvalue weighted by Crippen LogP contribution is -2.41. The first-order chi connectivity index (χ1) is 7.54. The van der Waals surface area contributed by atoms with Gasteiger partial charge in [0.05, 0.1) is 0 Å². The van der Waals surface area contributed by atoms with Crippen molar-refractivity contribution in [1.29, 1.82) is 0 Å². The van der Waals surface area contributed by atoms with Crippen LogP contribution in [0.1, 0.15) is 33.1 Å². The number of hydrogen-bond donors (Lipinski definition) is 1. The van der Waals surface area contributed by atoms with Crippen LogP contribution in [0.4, 0.5) is 0 Å². The second-order valence-electron chi connectivity index (χ2n) is 4.78. The third kappa shape index (κ3) is 3.76. The molecular formula is C12H24N2O2. The van der Waals surface area contributed by atoms with Crippen molar-refractivity contribution in [3.05, 3.63) is 0 Å². The quantitative estimate of drug-likeness (QED) is 0.787. The number of aliphatic carboxylic acids is 1. The molecule has 2 atom stereocenters. The summed E-state index contributed by atoms with van der Waals surface area (Å²) in [6.45, 7) is 7.59. The number of rotatable bonds is 4. The molecular weight excluding hydrogens is 204 g/mol. The average molecular weight is 228 g/mol. The zero-order valence-electron chi connectivity index (χ0n) is 10.6. The summed E-state index contributed by atoms with van der Waals surface area (Å²) >= 11 is 0. The SMILES string of the molecule is CCN1CCC(C)N(C)C(CCC(=O)O)C1. The summed E-state index contributed by atoms with van der Waals surface area (Å²) in [6.07, 6.45) is 2.21. The molecule has 1 rings (SSSR count). The van der Waals surface area contributed by atoms with Gasteiger partial charge in [0.25, 0.3) is 0 Å². The molecule has 0 aliphatic carbocycles. The molecule has 0 aromatic carbocycles. The fourth-order valence-electron chi connectivity index (χ4n) is 2.32. The predicted molar refractivity (Wildman–Crippen MR) is 64.6 cm³/mol. The number of likely N-dealkylation sites (N-methyl/N-ethyl adjacent to an activating group) is 2. The van der Waals surface area contributed by atoms with Crippen LogP contribution in [0.15, 0.2) is 0 Å². The standard InChI is InChI=1S/C12H24N2O2/c1-4-14-8-7-10(2)13(3)11(9-14)5-6-12(15)16/h10-11H,4-9H2,1-3H3,(H,15,16). The van der Waals surface area contributed by atoms with E-state index >= 15 is 0 Å². The van der Waals surface area contributed by atoms with Crippen molar-refractivity contribution in [2.75, 3.05) is 26.7 Å². The highest BCUT2D eigenvalue weighted by Crippen LogP contribution is 2.17. The first kappa shape index (κ1) is 13.5. The van der Waals surface area contributed by atoms with Gasteiger partial charge in [0.15, 0.2) is 0 Å². The first-order valence-corrected chi connectivity index (χ1v) is 6.20. The van der Waals surface area contributed by atoms with Gasteiger partial charge in [-0.2, -0.15) is 0 Å². The van der Waals surface area contributed by atoms with E-state index in [4.69, 9.17) is 5.11 Å². The number of nitrogens with zero attached hydrogens (tertiary/aromatic N) is 2. The molecule has 4 nitrogen and oxygen atoms in total. The molecule has 0 saturated carbocycles. The molecule has 0 amide bonds. The summed E-state index contributed by atoms with van der Waals surface area (Å²) < 4.78 is 0. The molecule has 0 aromatic heterocycles. The second-order valence-corrected chi connectivity index (χ2v) is 4.78. The van der Waals surface area contributed by atoms with E-state index < -0.39 is 5.97 Å². The van der Waals surface area contributed by atoms with E-state index in [-0.39, 0.29) is 6.42 Å². The van der Waals surface area contributed by atoms with E-state index in [0.717, 1.165) is 26.1 Å². The van der Waals surface area contributed by atoms with Gasteiger partial charge >= 0.3 is 5.97 Å². The lowest BCUT2D eigenvalue weighted by atomic mass is 10.1. The highest BCUT2D eigenvalue weighted by Gasteiger charge is 2.26. The number of carboxylic acids is 1. The van der Waals surface area contributed by atoms with Gasteiger partial charge in [0.2, 0.25) is 0 Å². The smallest absolute Gasteiger partial charge is 0.303 e. The summed E-state index contributed by atoms with van der Waals surface area (Å²) in [5.41, 5.74) is 0. The summed E-state index contributed by atoms with van der Waals surface area (Å²) in [5, 5.41) is 8.76. The van der Waals surface area contributed by atoms with Gasteiger partial charge in [-0.1, -0.05) is 6.92 Å². The van der Waals surface area contributed by atoms with Gasteiger partial charge in [-0.25, -0.2) is 0 Å². The predicted octanol–water partition coefficient (Wildman–Crippen LogP) is 1.27. The Balaban J connectivity index is 2.57. The van der Waals surface area contributed by atoms with Crippen LogP contribution in [0.3, 0.4) is 0 Å². The van der Waals surface area contributed by atoms with Crippen molar-refractivity contribution in [1.82, 2.24) is 9.80 Å². The summed E-state index contributed by atoms with van der Waals surface area (Å²) in [4.78, 5) is 15.4. The van der Waals surface area contributed by atoms with E-state index in [1.54, 1.807) is 0 Å². The van der Waals surface area contributed by atoms with Crippen molar-refractivity contribution in [3.8, 4) is 0 Å². The van der Waals surface area contributed by atoms with Gasteiger partial charge in [-0.15, -0.1) is 0 Å². The molecule has 1 N–H and O–H groups in total. The zero-order valence-corrected chi connectivity index (χ0v) is 10.6. The van der Waals surface area contributed by atoms with Gasteiger partial charge in [-0.05, 0) is 39.9 Å². The largest absolute Gasteiger partial charge is 0.481 e. The summed E-state index contributed by atoms with van der Waals surface area (Å²) in [5.74, 6) is -0.687. The molecule has 1 saturated heterocycles. The van der Waals surface area contributed by atoms with Gasteiger partial charge in [0, 0.05) is 25.0 Å². The van der Waals surface area contributed by atoms with Crippen LogP contribution in [0.5, 0.6) is 0 Å². The van der Waals surface area contributed by atoms with Crippen LogP contribution < -0.4 is 0 Å². The molecule has 1 aliphatic rings. The fourth-order valence-corrected chi connectivity index (χ4v) is 2.32. The maximum atomic E-state index is 10.6. The summed E-state index contributed by atoms with van der Waals surface area (Å²) in [7, 11) is 2.12. The van der Waals surface area contributed by atoms with Crippen molar-refractivity contribution in [2.24, 2.45) is 0 Å². The second kappa shape index (κ2) is 6.21. The Morgan fingerprint density at radius 1 is 1.50 bits per heavy atom. The Kier molecular flexibility index (Phi) is 5.22. The van der Waals surface area contributed by atoms with Crippen LogP contribution >= 0.6 is 0 Å². The molecule has 0 aromatic rings. The van der Waals surface area contributed by atoms with Gasteiger partial charge in [0.1, 0.15) is 0 Å². The van der Waals surface area contributed by atoms with E-state index in [0.29, 0.717) is 12.1 Å². The first-order valence-electron chi connectivity index (χ1n) is 6.20. The van der Waals surface area contributed by atoms with E-state index in [2.05, 4.69) is 30.7 Å². The van der Waals surface area contributed by atoms with Crippen molar-refractivity contribution < 1.29 is 9.90 Å². The Morgan fingerprint density at radius 3 is 2.75 bits per heavy atom. The molecule has 2 unspecified atom stereocenters. The minimum atomic E-state index is -0.687. The minimum absolute atomic E-state index is 0.277. The van der Waals surface area contributed by atoms with E-state index in [1.807, 2.05) is 0 Å². The van der Waals surface area contributed by atoms with Gasteiger partial charge < -0.3 is 10.0 Å². The minimum Gasteiger partial charge on any atom is -0.481 e. The molecule has 0 radical (unpaired) electrons. The van der Waals surface area contributed by atoms with Crippen molar-refractivity contribution in [3.63, 3.8) is 0 Å². The van der Waals surface area contributed by atoms with Crippen LogP contribution in [0.2, 0.25) is 0 Å². The topological polar surface area (TPSA) is 43.8 Å². The number of carbonyl (C=O) groups is 1. The zero-order chi connectivity index (χ0) is 12.1. The molecule has 16 heavy (non-hydrogen) atoms. The lowest BCUT2D eigenvalue weighted by Gasteiger charge is -2.31. The average Bonchev–Trinajstić information content (AvgIpc) is 2.38. The Bertz CT molecular complexity index is 233. The lowest BCUT2D eigenvalue weighted by molar-refractivity contribution is -0.137. The monoisotopic (exact) mass is 228 g/mol. The molecule has 1 aliphatic heterocycles. The number of hydrogen-bond acceptors (Lipinski definition) is 3. The van der Waals surface area contributed by atoms with Gasteiger partial charge in [-0.3, -0.25) is 9.69 Å². The van der Waals surface area contributed by atoms with E-state index in [9.17, 15) is 4.79 Å². The maximum absolute atomic E-state index is 10.6. The fraction of sp³-hybridized carbons (Fsp3) is 0.917. The third-order valence-electron chi connectivity index (χ3n) is 3.74. The molecule has 94 valence electrons. The summed E-state index contributed by atoms with van der Waals surface area (Å²) in [6, 6.07) is 0.934. The third-order valence-corrected chi connectivity index (χ3v) is 3.74. The van der Waals surface area contributed by atoms with Crippen LogP contribution in [0, 0.1) is 0 Å². The maximum Gasteiger partial charge on any atom is 0.303 e.